The third-order valence-electron chi connectivity index (χ3n) is 4.92. The van der Waals surface area contributed by atoms with Crippen LogP contribution in [0.2, 0.25) is 0 Å². The molecule has 5 nitrogen and oxygen atoms in total. The van der Waals surface area contributed by atoms with E-state index >= 15 is 0 Å². The fourth-order valence-electron chi connectivity index (χ4n) is 3.53. The van der Waals surface area contributed by atoms with Crippen LogP contribution in [0.1, 0.15) is 25.0 Å². The van der Waals surface area contributed by atoms with Gasteiger partial charge in [-0.3, -0.25) is 14.6 Å². The number of likely N-dealkylation sites (N-methyl/N-ethyl adjacent to an activating group) is 2. The Morgan fingerprint density at radius 1 is 1.16 bits per heavy atom. The van der Waals surface area contributed by atoms with Crippen molar-refractivity contribution in [1.82, 2.24) is 20.0 Å². The fourth-order valence-corrected chi connectivity index (χ4v) is 3.53. The second kappa shape index (κ2) is 9.32. The van der Waals surface area contributed by atoms with Crippen molar-refractivity contribution in [2.75, 3.05) is 47.3 Å². The summed E-state index contributed by atoms with van der Waals surface area (Å²) in [5, 5.41) is 3.10. The van der Waals surface area contributed by atoms with Crippen LogP contribution in [0.5, 0.6) is 0 Å². The maximum absolute atomic E-state index is 12.5. The average Bonchev–Trinajstić information content (AvgIpc) is 2.55. The van der Waals surface area contributed by atoms with E-state index in [0.717, 1.165) is 32.7 Å². The Labute approximate surface area is 153 Å². The van der Waals surface area contributed by atoms with Crippen LogP contribution < -0.4 is 5.32 Å². The van der Waals surface area contributed by atoms with Gasteiger partial charge in [-0.15, -0.1) is 0 Å². The van der Waals surface area contributed by atoms with E-state index in [9.17, 15) is 4.79 Å². The van der Waals surface area contributed by atoms with Crippen LogP contribution in [0.25, 0.3) is 0 Å². The number of nitrogens with zero attached hydrogens (tertiary/aromatic N) is 3. The topological polar surface area (TPSA) is 38.8 Å². The number of carbonyl (C=O) groups excluding carboxylic acids is 1. The summed E-state index contributed by atoms with van der Waals surface area (Å²) in [5.41, 5.74) is 2.49. The first-order valence-electron chi connectivity index (χ1n) is 9.29. The van der Waals surface area contributed by atoms with Gasteiger partial charge in [0.15, 0.2) is 0 Å². The lowest BCUT2D eigenvalue weighted by atomic mass is 10.0. The maximum atomic E-state index is 12.5. The first-order valence-corrected chi connectivity index (χ1v) is 9.29. The number of hydrogen-bond acceptors (Lipinski definition) is 4. The van der Waals surface area contributed by atoms with Gasteiger partial charge in [-0.25, -0.2) is 0 Å². The van der Waals surface area contributed by atoms with Crippen LogP contribution in [0.3, 0.4) is 0 Å². The smallest absolute Gasteiger partial charge is 0.237 e. The molecular weight excluding hydrogens is 312 g/mol. The monoisotopic (exact) mass is 346 g/mol. The molecule has 1 N–H and O–H groups in total. The molecule has 0 spiro atoms. The molecule has 1 fully saturated rings. The molecule has 1 amide bonds. The molecular formula is C20H34N4O. The second-order valence-corrected chi connectivity index (χ2v) is 7.77. The molecule has 0 aliphatic carbocycles. The number of amides is 1. The quantitative estimate of drug-likeness (QED) is 0.815. The molecule has 1 heterocycles. The summed E-state index contributed by atoms with van der Waals surface area (Å²) in [6, 6.07) is 8.50. The molecule has 0 unspecified atom stereocenters. The zero-order valence-corrected chi connectivity index (χ0v) is 16.5. The average molecular weight is 347 g/mol. The largest absolute Gasteiger partial charge is 0.351 e. The van der Waals surface area contributed by atoms with E-state index < -0.39 is 0 Å². The van der Waals surface area contributed by atoms with Gasteiger partial charge >= 0.3 is 0 Å². The summed E-state index contributed by atoms with van der Waals surface area (Å²) >= 11 is 0. The van der Waals surface area contributed by atoms with Gasteiger partial charge in [0.1, 0.15) is 0 Å². The van der Waals surface area contributed by atoms with E-state index in [0.29, 0.717) is 12.5 Å². The molecule has 140 valence electrons. The minimum atomic E-state index is -0.0893. The molecule has 1 aliphatic heterocycles. The summed E-state index contributed by atoms with van der Waals surface area (Å²) in [6.07, 6.45) is 0. The van der Waals surface area contributed by atoms with Gasteiger partial charge in [-0.05, 0) is 38.2 Å². The first kappa shape index (κ1) is 19.9. The number of benzene rings is 1. The van der Waals surface area contributed by atoms with Crippen LogP contribution in [-0.4, -0.2) is 74.0 Å². The van der Waals surface area contributed by atoms with Crippen molar-refractivity contribution in [3.8, 4) is 0 Å². The number of hydrogen-bond donors (Lipinski definition) is 1. The zero-order valence-electron chi connectivity index (χ0n) is 16.5. The highest BCUT2D eigenvalue weighted by Gasteiger charge is 2.23. The molecule has 1 aromatic rings. The summed E-state index contributed by atoms with van der Waals surface area (Å²) < 4.78 is 0. The second-order valence-electron chi connectivity index (χ2n) is 7.77. The normalized spacial score (nSPS) is 17.9. The highest BCUT2D eigenvalue weighted by molar-refractivity contribution is 5.81. The third-order valence-corrected chi connectivity index (χ3v) is 4.92. The van der Waals surface area contributed by atoms with Gasteiger partial charge in [-0.2, -0.15) is 0 Å². The zero-order chi connectivity index (χ0) is 18.4. The molecule has 2 rings (SSSR count). The van der Waals surface area contributed by atoms with Gasteiger partial charge < -0.3 is 10.2 Å². The van der Waals surface area contributed by atoms with Crippen molar-refractivity contribution in [3.05, 3.63) is 35.4 Å². The van der Waals surface area contributed by atoms with Crippen LogP contribution in [-0.2, 0) is 17.9 Å². The molecule has 1 atom stereocenters. The van der Waals surface area contributed by atoms with Crippen molar-refractivity contribution in [2.45, 2.75) is 33.0 Å². The van der Waals surface area contributed by atoms with Crippen LogP contribution in [0, 0.1) is 5.92 Å². The number of piperazine rings is 1. The van der Waals surface area contributed by atoms with E-state index in [1.54, 1.807) is 0 Å². The van der Waals surface area contributed by atoms with Gasteiger partial charge in [0.05, 0.1) is 6.04 Å². The third kappa shape index (κ3) is 6.10. The Balaban J connectivity index is 1.89. The van der Waals surface area contributed by atoms with Crippen LogP contribution >= 0.6 is 0 Å². The van der Waals surface area contributed by atoms with Crippen LogP contribution in [0.4, 0.5) is 0 Å². The Morgan fingerprint density at radius 3 is 2.40 bits per heavy atom. The number of nitrogens with one attached hydrogen (secondary N) is 1. The SMILES string of the molecule is CC(C)[C@H](C(=O)NCc1cccc(CN2CCN(C)CC2)c1)N(C)C. The lowest BCUT2D eigenvalue weighted by molar-refractivity contribution is -0.127. The molecule has 0 aromatic heterocycles. The van der Waals surface area contributed by atoms with Crippen molar-refractivity contribution >= 4 is 5.91 Å². The Morgan fingerprint density at radius 2 is 1.80 bits per heavy atom. The highest BCUT2D eigenvalue weighted by atomic mass is 16.2. The molecule has 0 radical (unpaired) electrons. The predicted octanol–water partition coefficient (Wildman–Crippen LogP) is 1.64. The van der Waals surface area contributed by atoms with Gasteiger partial charge in [-0.1, -0.05) is 38.1 Å². The summed E-state index contributed by atoms with van der Waals surface area (Å²) in [5.74, 6) is 0.392. The van der Waals surface area contributed by atoms with Gasteiger partial charge in [0.25, 0.3) is 0 Å². The Bertz CT molecular complexity index is 542. The van der Waals surface area contributed by atoms with E-state index in [1.165, 1.54) is 11.1 Å². The molecule has 1 aliphatic rings. The predicted molar refractivity (Wildman–Crippen MR) is 103 cm³/mol. The van der Waals surface area contributed by atoms with Crippen molar-refractivity contribution in [2.24, 2.45) is 5.92 Å². The van der Waals surface area contributed by atoms with Crippen molar-refractivity contribution in [3.63, 3.8) is 0 Å². The van der Waals surface area contributed by atoms with Gasteiger partial charge in [0, 0.05) is 39.3 Å². The Hall–Kier alpha value is -1.43. The van der Waals surface area contributed by atoms with Crippen molar-refractivity contribution < 1.29 is 4.79 Å². The molecule has 1 saturated heterocycles. The standard InChI is InChI=1S/C20H34N4O/c1-16(2)19(22(3)4)20(25)21-14-17-7-6-8-18(13-17)15-24-11-9-23(5)10-12-24/h6-8,13,16,19H,9-12,14-15H2,1-5H3,(H,21,25)/t19-/m1/s1. The minimum Gasteiger partial charge on any atom is -0.351 e. The number of carbonyl (C=O) groups is 1. The molecule has 5 heteroatoms. The summed E-state index contributed by atoms with van der Waals surface area (Å²) in [4.78, 5) is 19.3. The van der Waals surface area contributed by atoms with E-state index in [4.69, 9.17) is 0 Å². The van der Waals surface area contributed by atoms with E-state index in [-0.39, 0.29) is 11.9 Å². The lowest BCUT2D eigenvalue weighted by Gasteiger charge is -2.32. The molecule has 0 saturated carbocycles. The van der Waals surface area contributed by atoms with Crippen LogP contribution in [0.15, 0.2) is 24.3 Å². The van der Waals surface area contributed by atoms with E-state index in [1.807, 2.05) is 19.0 Å². The molecule has 1 aromatic carbocycles. The Kier molecular flexibility index (Phi) is 7.41. The van der Waals surface area contributed by atoms with Crippen molar-refractivity contribution in [1.29, 1.82) is 0 Å². The molecule has 0 bridgehead atoms. The first-order chi connectivity index (χ1) is 11.9. The lowest BCUT2D eigenvalue weighted by Crippen LogP contribution is -2.46. The maximum Gasteiger partial charge on any atom is 0.237 e. The highest BCUT2D eigenvalue weighted by Crippen LogP contribution is 2.12. The van der Waals surface area contributed by atoms with E-state index in [2.05, 4.69) is 60.3 Å². The summed E-state index contributed by atoms with van der Waals surface area (Å²) in [7, 11) is 6.10. The minimum absolute atomic E-state index is 0.0893. The number of rotatable bonds is 7. The fraction of sp³-hybridized carbons (Fsp3) is 0.650. The summed E-state index contributed by atoms with van der Waals surface area (Å²) in [6.45, 7) is 10.3. The molecule has 25 heavy (non-hydrogen) atoms. The van der Waals surface area contributed by atoms with Gasteiger partial charge in [0.2, 0.25) is 5.91 Å².